The lowest BCUT2D eigenvalue weighted by atomic mass is 10.2. The van der Waals surface area contributed by atoms with E-state index < -0.39 is 11.7 Å². The number of carbonyl (C=O) groups excluding carboxylic acids is 1. The molecule has 0 saturated heterocycles. The monoisotopic (exact) mass is 333 g/mol. The molecule has 1 rings (SSSR count). The van der Waals surface area contributed by atoms with Gasteiger partial charge in [-0.3, -0.25) is 15.2 Å². The highest BCUT2D eigenvalue weighted by molar-refractivity contribution is 7.80. The SMILES string of the molecule is COCCCNC(=S)N(C)NC(=O)c1cc(Cl)ccc1F. The van der Waals surface area contributed by atoms with Crippen LogP contribution in [0.25, 0.3) is 0 Å². The maximum absolute atomic E-state index is 13.6. The highest BCUT2D eigenvalue weighted by Crippen LogP contribution is 2.14. The van der Waals surface area contributed by atoms with E-state index in [1.165, 1.54) is 17.1 Å². The van der Waals surface area contributed by atoms with Crippen molar-refractivity contribution < 1.29 is 13.9 Å². The fourth-order valence-electron chi connectivity index (χ4n) is 1.47. The van der Waals surface area contributed by atoms with Gasteiger partial charge in [0.1, 0.15) is 5.82 Å². The molecule has 0 bridgehead atoms. The van der Waals surface area contributed by atoms with E-state index in [-0.39, 0.29) is 10.6 Å². The van der Waals surface area contributed by atoms with Gasteiger partial charge >= 0.3 is 0 Å². The molecular weight excluding hydrogens is 317 g/mol. The molecule has 8 heteroatoms. The van der Waals surface area contributed by atoms with Crippen LogP contribution in [0.4, 0.5) is 4.39 Å². The van der Waals surface area contributed by atoms with Crippen LogP contribution < -0.4 is 10.7 Å². The number of hydrogen-bond acceptors (Lipinski definition) is 3. The topological polar surface area (TPSA) is 53.6 Å². The summed E-state index contributed by atoms with van der Waals surface area (Å²) in [4.78, 5) is 12.0. The Morgan fingerprint density at radius 2 is 2.24 bits per heavy atom. The first-order valence-corrected chi connectivity index (χ1v) is 7.01. The Balaban J connectivity index is 2.53. The third-order valence-corrected chi connectivity index (χ3v) is 3.20. The number of carbonyl (C=O) groups is 1. The fourth-order valence-corrected chi connectivity index (χ4v) is 1.79. The molecule has 0 fully saturated rings. The molecular formula is C13H17ClFN3O2S. The van der Waals surface area contributed by atoms with Crippen molar-refractivity contribution in [1.29, 1.82) is 0 Å². The highest BCUT2D eigenvalue weighted by atomic mass is 35.5. The van der Waals surface area contributed by atoms with E-state index in [1.54, 1.807) is 14.2 Å². The van der Waals surface area contributed by atoms with E-state index in [0.29, 0.717) is 18.3 Å². The van der Waals surface area contributed by atoms with Crippen molar-refractivity contribution >= 4 is 34.8 Å². The zero-order chi connectivity index (χ0) is 15.8. The van der Waals surface area contributed by atoms with Crippen LogP contribution in [0.2, 0.25) is 5.02 Å². The number of nitrogens with zero attached hydrogens (tertiary/aromatic N) is 1. The average molecular weight is 334 g/mol. The smallest absolute Gasteiger partial charge is 0.272 e. The molecule has 0 aliphatic carbocycles. The summed E-state index contributed by atoms with van der Waals surface area (Å²) in [6.45, 7) is 1.22. The molecule has 0 saturated carbocycles. The van der Waals surface area contributed by atoms with Crippen LogP contribution in [0.15, 0.2) is 18.2 Å². The summed E-state index contributed by atoms with van der Waals surface area (Å²) in [6.07, 6.45) is 0.779. The second-order valence-electron chi connectivity index (χ2n) is 4.20. The summed E-state index contributed by atoms with van der Waals surface area (Å²) < 4.78 is 18.5. The Morgan fingerprint density at radius 1 is 1.52 bits per heavy atom. The Hall–Kier alpha value is -1.44. The molecule has 1 aromatic rings. The van der Waals surface area contributed by atoms with Crippen molar-refractivity contribution in [2.45, 2.75) is 6.42 Å². The van der Waals surface area contributed by atoms with Gasteiger partial charge in [0.05, 0.1) is 5.56 Å². The molecule has 1 amide bonds. The second kappa shape index (κ2) is 8.76. The van der Waals surface area contributed by atoms with Crippen LogP contribution in [-0.4, -0.2) is 43.3 Å². The number of thiocarbonyl (C=S) groups is 1. The predicted octanol–water partition coefficient (Wildman–Crippen LogP) is 1.97. The van der Waals surface area contributed by atoms with Crippen LogP contribution in [0, 0.1) is 5.82 Å². The minimum atomic E-state index is -0.649. The van der Waals surface area contributed by atoms with Gasteiger partial charge in [0.25, 0.3) is 5.91 Å². The Morgan fingerprint density at radius 3 is 2.90 bits per heavy atom. The number of hydrogen-bond donors (Lipinski definition) is 2. The van der Waals surface area contributed by atoms with Crippen molar-refractivity contribution in [3.63, 3.8) is 0 Å². The van der Waals surface area contributed by atoms with E-state index in [4.69, 9.17) is 28.6 Å². The molecule has 0 heterocycles. The number of nitrogens with one attached hydrogen (secondary N) is 2. The largest absolute Gasteiger partial charge is 0.385 e. The summed E-state index contributed by atoms with van der Waals surface area (Å²) in [6, 6.07) is 3.77. The summed E-state index contributed by atoms with van der Waals surface area (Å²) in [5.41, 5.74) is 2.32. The van der Waals surface area contributed by atoms with Crippen molar-refractivity contribution in [3.05, 3.63) is 34.6 Å². The summed E-state index contributed by atoms with van der Waals surface area (Å²) in [5, 5.41) is 4.86. The van der Waals surface area contributed by atoms with Gasteiger partial charge in [-0.2, -0.15) is 0 Å². The summed E-state index contributed by atoms with van der Waals surface area (Å²) in [5.74, 6) is -1.28. The third kappa shape index (κ3) is 5.82. The van der Waals surface area contributed by atoms with Crippen molar-refractivity contribution in [2.24, 2.45) is 0 Å². The quantitative estimate of drug-likeness (QED) is 0.490. The number of methoxy groups -OCH3 is 1. The first-order valence-electron chi connectivity index (χ1n) is 6.22. The van der Waals surface area contributed by atoms with E-state index in [9.17, 15) is 9.18 Å². The van der Waals surface area contributed by atoms with Gasteiger partial charge in [-0.15, -0.1) is 0 Å². The normalized spacial score (nSPS) is 10.1. The van der Waals surface area contributed by atoms with Crippen LogP contribution in [0.5, 0.6) is 0 Å². The number of halogens is 2. The average Bonchev–Trinajstić information content (AvgIpc) is 2.45. The van der Waals surface area contributed by atoms with Crippen LogP contribution >= 0.6 is 23.8 Å². The molecule has 0 aliphatic heterocycles. The zero-order valence-electron chi connectivity index (χ0n) is 11.8. The summed E-state index contributed by atoms with van der Waals surface area (Å²) in [7, 11) is 3.18. The first kappa shape index (κ1) is 17.6. The lowest BCUT2D eigenvalue weighted by Gasteiger charge is -2.21. The van der Waals surface area contributed by atoms with Crippen LogP contribution in [0.1, 0.15) is 16.8 Å². The van der Waals surface area contributed by atoms with E-state index in [1.807, 2.05) is 0 Å². The maximum atomic E-state index is 13.6. The fraction of sp³-hybridized carbons (Fsp3) is 0.385. The molecule has 5 nitrogen and oxygen atoms in total. The van der Waals surface area contributed by atoms with E-state index in [0.717, 1.165) is 12.5 Å². The maximum Gasteiger partial charge on any atom is 0.272 e. The van der Waals surface area contributed by atoms with Gasteiger partial charge in [0.2, 0.25) is 0 Å². The minimum Gasteiger partial charge on any atom is -0.385 e. The van der Waals surface area contributed by atoms with Gasteiger partial charge in [-0.05, 0) is 36.8 Å². The number of rotatable bonds is 5. The lowest BCUT2D eigenvalue weighted by Crippen LogP contribution is -2.48. The predicted molar refractivity (Wildman–Crippen MR) is 83.7 cm³/mol. The van der Waals surface area contributed by atoms with E-state index >= 15 is 0 Å². The number of ether oxygens (including phenoxy) is 1. The van der Waals surface area contributed by atoms with Gasteiger partial charge in [-0.25, -0.2) is 4.39 Å². The van der Waals surface area contributed by atoms with Crippen LogP contribution in [0.3, 0.4) is 0 Å². The van der Waals surface area contributed by atoms with Crippen molar-refractivity contribution in [1.82, 2.24) is 15.8 Å². The Labute approximate surface area is 133 Å². The number of amides is 1. The highest BCUT2D eigenvalue weighted by Gasteiger charge is 2.15. The first-order chi connectivity index (χ1) is 9.95. The van der Waals surface area contributed by atoms with Crippen molar-refractivity contribution in [3.8, 4) is 0 Å². The van der Waals surface area contributed by atoms with Gasteiger partial charge in [0, 0.05) is 32.3 Å². The number of hydrazine groups is 1. The molecule has 0 atom stereocenters. The number of benzene rings is 1. The molecule has 2 N–H and O–H groups in total. The molecule has 0 aliphatic rings. The van der Waals surface area contributed by atoms with E-state index in [2.05, 4.69) is 10.7 Å². The molecule has 0 aromatic heterocycles. The van der Waals surface area contributed by atoms with Crippen molar-refractivity contribution in [2.75, 3.05) is 27.3 Å². The molecule has 0 unspecified atom stereocenters. The zero-order valence-corrected chi connectivity index (χ0v) is 13.4. The third-order valence-electron chi connectivity index (χ3n) is 2.55. The Bertz CT molecular complexity index is 516. The van der Waals surface area contributed by atoms with Crippen LogP contribution in [-0.2, 0) is 4.74 Å². The second-order valence-corrected chi connectivity index (χ2v) is 5.03. The van der Waals surface area contributed by atoms with Gasteiger partial charge in [0.15, 0.2) is 5.11 Å². The molecule has 0 radical (unpaired) electrons. The molecule has 1 aromatic carbocycles. The minimum absolute atomic E-state index is 0.142. The lowest BCUT2D eigenvalue weighted by molar-refractivity contribution is 0.0882. The van der Waals surface area contributed by atoms with Gasteiger partial charge < -0.3 is 10.1 Å². The molecule has 21 heavy (non-hydrogen) atoms. The summed E-state index contributed by atoms with van der Waals surface area (Å²) >= 11 is 10.8. The standard InChI is InChI=1S/C13H17ClFN3O2S/c1-18(13(21)16-6-3-7-20-2)17-12(19)10-8-9(14)4-5-11(10)15/h4-5,8H,3,6-7H2,1-2H3,(H,16,21)(H,17,19). The van der Waals surface area contributed by atoms with Gasteiger partial charge in [-0.1, -0.05) is 11.6 Å². The molecule has 0 spiro atoms. The Kier molecular flexibility index (Phi) is 7.35. The molecule has 116 valence electrons.